The van der Waals surface area contributed by atoms with Crippen LogP contribution in [0.25, 0.3) is 0 Å². The minimum absolute atomic E-state index is 0.533. The quantitative estimate of drug-likeness (QED) is 0.900. The van der Waals surface area contributed by atoms with Gasteiger partial charge in [0, 0.05) is 11.6 Å². The molecule has 3 N–H and O–H groups in total. The number of nitrogens with two attached hydrogens (primary N) is 1. The van der Waals surface area contributed by atoms with Gasteiger partial charge >= 0.3 is 0 Å². The predicted molar refractivity (Wildman–Crippen MR) is 77.3 cm³/mol. The Morgan fingerprint density at radius 2 is 1.89 bits per heavy atom. The molecule has 2 aromatic rings. The van der Waals surface area contributed by atoms with Crippen molar-refractivity contribution in [2.45, 2.75) is 6.42 Å². The summed E-state index contributed by atoms with van der Waals surface area (Å²) >= 11 is 11.8. The van der Waals surface area contributed by atoms with Gasteiger partial charge < -0.3 is 11.1 Å². The molecule has 0 aliphatic heterocycles. The number of rotatable bonds is 4. The maximum Gasteiger partial charge on any atom is 0.144 e. The maximum atomic E-state index is 6.01. The SMILES string of the molecule is Nc1cnc(NCCc2ccc(Cl)cc2)c(Cl)c1. The van der Waals surface area contributed by atoms with Crippen LogP contribution < -0.4 is 11.1 Å². The lowest BCUT2D eigenvalue weighted by Gasteiger charge is -2.07. The van der Waals surface area contributed by atoms with Crippen molar-refractivity contribution < 1.29 is 0 Å². The summed E-state index contributed by atoms with van der Waals surface area (Å²) in [6, 6.07) is 9.44. The summed E-state index contributed by atoms with van der Waals surface area (Å²) < 4.78 is 0. The minimum Gasteiger partial charge on any atom is -0.397 e. The molecular weight excluding hydrogens is 269 g/mol. The van der Waals surface area contributed by atoms with Gasteiger partial charge in [0.05, 0.1) is 16.9 Å². The Morgan fingerprint density at radius 1 is 1.17 bits per heavy atom. The number of anilines is 2. The second-order valence-electron chi connectivity index (χ2n) is 3.90. The first-order valence-corrected chi connectivity index (χ1v) is 6.30. The van der Waals surface area contributed by atoms with Crippen LogP contribution in [-0.2, 0) is 6.42 Å². The van der Waals surface area contributed by atoms with Crippen molar-refractivity contribution in [3.05, 3.63) is 52.1 Å². The van der Waals surface area contributed by atoms with Crippen LogP contribution in [0, 0.1) is 0 Å². The van der Waals surface area contributed by atoms with Gasteiger partial charge in [-0.2, -0.15) is 0 Å². The van der Waals surface area contributed by atoms with Gasteiger partial charge in [-0.25, -0.2) is 4.98 Å². The second kappa shape index (κ2) is 5.94. The first-order valence-electron chi connectivity index (χ1n) is 5.54. The Hall–Kier alpha value is -1.45. The van der Waals surface area contributed by atoms with E-state index < -0.39 is 0 Å². The highest BCUT2D eigenvalue weighted by molar-refractivity contribution is 6.33. The number of halogens is 2. The fourth-order valence-electron chi connectivity index (χ4n) is 1.56. The number of nitrogens with one attached hydrogen (secondary N) is 1. The van der Waals surface area contributed by atoms with Crippen LogP contribution in [0.3, 0.4) is 0 Å². The Bertz CT molecular complexity index is 526. The van der Waals surface area contributed by atoms with E-state index in [-0.39, 0.29) is 0 Å². The van der Waals surface area contributed by atoms with E-state index in [0.29, 0.717) is 16.5 Å². The minimum atomic E-state index is 0.533. The first-order chi connectivity index (χ1) is 8.65. The third-order valence-electron chi connectivity index (χ3n) is 2.48. The molecule has 1 aromatic heterocycles. The van der Waals surface area contributed by atoms with Crippen LogP contribution >= 0.6 is 23.2 Å². The third-order valence-corrected chi connectivity index (χ3v) is 3.02. The van der Waals surface area contributed by atoms with Gasteiger partial charge in [-0.1, -0.05) is 35.3 Å². The van der Waals surface area contributed by atoms with Crippen LogP contribution in [0.5, 0.6) is 0 Å². The maximum absolute atomic E-state index is 6.01. The van der Waals surface area contributed by atoms with E-state index in [0.717, 1.165) is 18.0 Å². The molecule has 0 bridgehead atoms. The third kappa shape index (κ3) is 3.52. The average Bonchev–Trinajstić information content (AvgIpc) is 2.34. The molecule has 0 atom stereocenters. The first kappa shape index (κ1) is 13.0. The molecule has 3 nitrogen and oxygen atoms in total. The van der Waals surface area contributed by atoms with Crippen molar-refractivity contribution in [1.82, 2.24) is 4.98 Å². The Labute approximate surface area is 116 Å². The molecule has 1 aromatic carbocycles. The fourth-order valence-corrected chi connectivity index (χ4v) is 1.93. The van der Waals surface area contributed by atoms with E-state index in [4.69, 9.17) is 28.9 Å². The molecule has 5 heteroatoms. The van der Waals surface area contributed by atoms with Crippen molar-refractivity contribution in [2.75, 3.05) is 17.6 Å². The van der Waals surface area contributed by atoms with E-state index >= 15 is 0 Å². The molecule has 0 aliphatic carbocycles. The van der Waals surface area contributed by atoms with Gasteiger partial charge in [-0.15, -0.1) is 0 Å². The second-order valence-corrected chi connectivity index (χ2v) is 4.75. The molecule has 0 aliphatic rings. The van der Waals surface area contributed by atoms with Crippen LogP contribution in [0.2, 0.25) is 10.0 Å². The number of aromatic nitrogens is 1. The number of benzene rings is 1. The summed E-state index contributed by atoms with van der Waals surface area (Å²) in [7, 11) is 0. The van der Waals surface area contributed by atoms with Gasteiger partial charge in [0.15, 0.2) is 0 Å². The summed E-state index contributed by atoms with van der Waals surface area (Å²) in [5, 5.41) is 4.45. The fraction of sp³-hybridized carbons (Fsp3) is 0.154. The zero-order chi connectivity index (χ0) is 13.0. The topological polar surface area (TPSA) is 50.9 Å². The molecule has 0 saturated heterocycles. The van der Waals surface area contributed by atoms with Crippen LogP contribution in [0.1, 0.15) is 5.56 Å². The standard InChI is InChI=1S/C13H13Cl2N3/c14-10-3-1-9(2-4-10)5-6-17-13-12(15)7-11(16)8-18-13/h1-4,7-8H,5-6,16H2,(H,17,18). The molecule has 2 rings (SSSR count). The number of pyridine rings is 1. The van der Waals surface area contributed by atoms with Crippen LogP contribution in [-0.4, -0.2) is 11.5 Å². The summed E-state index contributed by atoms with van der Waals surface area (Å²) in [6.45, 7) is 0.748. The summed E-state index contributed by atoms with van der Waals surface area (Å²) in [5.74, 6) is 0.653. The molecule has 0 saturated carbocycles. The highest BCUT2D eigenvalue weighted by Gasteiger charge is 2.01. The number of hydrogen-bond acceptors (Lipinski definition) is 3. The molecule has 18 heavy (non-hydrogen) atoms. The molecule has 94 valence electrons. The summed E-state index contributed by atoms with van der Waals surface area (Å²) in [6.07, 6.45) is 2.45. The highest BCUT2D eigenvalue weighted by Crippen LogP contribution is 2.20. The largest absolute Gasteiger partial charge is 0.397 e. The average molecular weight is 282 g/mol. The lowest BCUT2D eigenvalue weighted by molar-refractivity contribution is 1.01. The highest BCUT2D eigenvalue weighted by atomic mass is 35.5. The van der Waals surface area contributed by atoms with Gasteiger partial charge in [0.2, 0.25) is 0 Å². The monoisotopic (exact) mass is 281 g/mol. The van der Waals surface area contributed by atoms with Crippen molar-refractivity contribution in [2.24, 2.45) is 0 Å². The van der Waals surface area contributed by atoms with E-state index in [2.05, 4.69) is 10.3 Å². The lowest BCUT2D eigenvalue weighted by Crippen LogP contribution is -2.07. The molecule has 0 radical (unpaired) electrons. The Kier molecular flexibility index (Phi) is 4.28. The van der Waals surface area contributed by atoms with Gasteiger partial charge in [0.25, 0.3) is 0 Å². The number of nitrogen functional groups attached to an aromatic ring is 1. The van der Waals surface area contributed by atoms with Gasteiger partial charge in [-0.3, -0.25) is 0 Å². The molecular formula is C13H13Cl2N3. The number of hydrogen-bond donors (Lipinski definition) is 2. The van der Waals surface area contributed by atoms with Gasteiger partial charge in [0.1, 0.15) is 5.82 Å². The van der Waals surface area contributed by atoms with E-state index in [1.165, 1.54) is 5.56 Å². The van der Waals surface area contributed by atoms with E-state index in [9.17, 15) is 0 Å². The predicted octanol–water partition coefficient (Wildman–Crippen LogP) is 3.63. The normalized spacial score (nSPS) is 10.3. The number of nitrogens with zero attached hydrogens (tertiary/aromatic N) is 1. The van der Waals surface area contributed by atoms with Gasteiger partial charge in [-0.05, 0) is 30.2 Å². The van der Waals surface area contributed by atoms with Crippen LogP contribution in [0.4, 0.5) is 11.5 Å². The van der Waals surface area contributed by atoms with E-state index in [1.54, 1.807) is 12.3 Å². The van der Waals surface area contributed by atoms with Crippen molar-refractivity contribution >= 4 is 34.7 Å². The molecule has 1 heterocycles. The van der Waals surface area contributed by atoms with E-state index in [1.807, 2.05) is 24.3 Å². The van der Waals surface area contributed by atoms with Crippen molar-refractivity contribution in [3.8, 4) is 0 Å². The summed E-state index contributed by atoms with van der Waals surface area (Å²) in [5.41, 5.74) is 7.34. The molecule has 0 unspecified atom stereocenters. The lowest BCUT2D eigenvalue weighted by atomic mass is 10.1. The zero-order valence-electron chi connectivity index (χ0n) is 9.66. The molecule has 0 spiro atoms. The van der Waals surface area contributed by atoms with Crippen LogP contribution in [0.15, 0.2) is 36.5 Å². The Morgan fingerprint density at radius 3 is 2.56 bits per heavy atom. The van der Waals surface area contributed by atoms with Crippen molar-refractivity contribution in [3.63, 3.8) is 0 Å². The zero-order valence-corrected chi connectivity index (χ0v) is 11.2. The van der Waals surface area contributed by atoms with Crippen molar-refractivity contribution in [1.29, 1.82) is 0 Å². The summed E-state index contributed by atoms with van der Waals surface area (Å²) in [4.78, 5) is 4.13. The molecule has 0 amide bonds. The molecule has 0 fully saturated rings. The Balaban J connectivity index is 1.90. The smallest absolute Gasteiger partial charge is 0.144 e.